The van der Waals surface area contributed by atoms with Crippen LogP contribution in [0, 0.1) is 0 Å². The average molecular weight is 1270 g/mol. The van der Waals surface area contributed by atoms with Crippen molar-refractivity contribution in [1.82, 2.24) is 5.32 Å². The second-order valence-electron chi connectivity index (χ2n) is 27.5. The lowest BCUT2D eigenvalue weighted by molar-refractivity contribution is -0.870. The fraction of sp³-hybridized carbons (Fsp3) is 0.848. The highest BCUT2D eigenvalue weighted by Crippen LogP contribution is 2.43. The monoisotopic (exact) mass is 1270 g/mol. The molecule has 0 aliphatic carbocycles. The SMILES string of the molecule is CCCCC/C=C\C/C=C\C/C=C\C/C=C\CCCCCCCCCCCCCC(=O)NC(COP(=O)(O)OCC[N+](C)(C)C)C(/C=C/CCCCCCCCCCCCC)OC(=O)CCCCCCCCCCCCCCCCCCCCCCCCC. The van der Waals surface area contributed by atoms with Crippen molar-refractivity contribution in [2.45, 2.75) is 392 Å². The first-order valence-electron chi connectivity index (χ1n) is 38.6. The number of phosphoric acid groups is 1. The Morgan fingerprint density at radius 3 is 1.04 bits per heavy atom. The summed E-state index contributed by atoms with van der Waals surface area (Å²) in [5.41, 5.74) is 0. The summed E-state index contributed by atoms with van der Waals surface area (Å²) in [6, 6.07) is -0.851. The van der Waals surface area contributed by atoms with Crippen molar-refractivity contribution >= 4 is 19.7 Å². The number of rotatable bonds is 71. The smallest absolute Gasteiger partial charge is 0.456 e. The molecule has 0 fully saturated rings. The maximum absolute atomic E-state index is 13.7. The number of nitrogens with one attached hydrogen (secondary N) is 1. The Labute approximate surface area is 553 Å². The number of phosphoric ester groups is 1. The van der Waals surface area contributed by atoms with Gasteiger partial charge in [-0.25, -0.2) is 4.57 Å². The topological polar surface area (TPSA) is 111 Å². The minimum Gasteiger partial charge on any atom is -0.456 e. The third-order valence-electron chi connectivity index (χ3n) is 17.5. The van der Waals surface area contributed by atoms with Crippen LogP contribution in [-0.4, -0.2) is 74.3 Å². The Morgan fingerprint density at radius 1 is 0.393 bits per heavy atom. The van der Waals surface area contributed by atoms with E-state index in [4.69, 9.17) is 13.8 Å². The predicted octanol–water partition coefficient (Wildman–Crippen LogP) is 24.9. The minimum atomic E-state index is -4.46. The fourth-order valence-corrected chi connectivity index (χ4v) is 12.3. The van der Waals surface area contributed by atoms with Gasteiger partial charge in [-0.05, 0) is 76.7 Å². The highest BCUT2D eigenvalue weighted by atomic mass is 31.2. The van der Waals surface area contributed by atoms with Crippen LogP contribution in [0.2, 0.25) is 0 Å². The second-order valence-corrected chi connectivity index (χ2v) is 29.0. The first-order chi connectivity index (χ1) is 43.4. The van der Waals surface area contributed by atoms with E-state index >= 15 is 0 Å². The molecule has 10 heteroatoms. The molecule has 0 heterocycles. The number of unbranched alkanes of at least 4 members (excludes halogenated alkanes) is 47. The Bertz CT molecular complexity index is 1700. The molecule has 2 N–H and O–H groups in total. The second kappa shape index (κ2) is 68.6. The van der Waals surface area contributed by atoms with Gasteiger partial charge in [-0.15, -0.1) is 0 Å². The molecule has 0 aromatic heterocycles. The van der Waals surface area contributed by atoms with Crippen LogP contribution in [0.4, 0.5) is 0 Å². The summed E-state index contributed by atoms with van der Waals surface area (Å²) in [7, 11) is 1.51. The number of amides is 1. The van der Waals surface area contributed by atoms with E-state index in [0.29, 0.717) is 23.9 Å². The molecule has 0 spiro atoms. The minimum absolute atomic E-state index is 0.0406. The van der Waals surface area contributed by atoms with Gasteiger partial charge in [0, 0.05) is 12.8 Å². The molecular weight excluding hydrogens is 1120 g/mol. The maximum atomic E-state index is 13.7. The Morgan fingerprint density at radius 2 is 0.685 bits per heavy atom. The molecule has 3 atom stereocenters. The van der Waals surface area contributed by atoms with Gasteiger partial charge in [0.05, 0.1) is 33.8 Å². The number of ether oxygens (including phenoxy) is 1. The van der Waals surface area contributed by atoms with Gasteiger partial charge in [0.25, 0.3) is 0 Å². The van der Waals surface area contributed by atoms with Crippen molar-refractivity contribution < 1.29 is 37.3 Å². The molecule has 0 aliphatic heterocycles. The van der Waals surface area contributed by atoms with Crippen molar-refractivity contribution in [1.29, 1.82) is 0 Å². The largest absolute Gasteiger partial charge is 0.472 e. The van der Waals surface area contributed by atoms with Crippen LogP contribution < -0.4 is 5.32 Å². The summed E-state index contributed by atoms with van der Waals surface area (Å²) < 4.78 is 30.9. The lowest BCUT2D eigenvalue weighted by atomic mass is 10.0. The summed E-state index contributed by atoms with van der Waals surface area (Å²) in [5.74, 6) is -0.489. The first kappa shape index (κ1) is 86.7. The van der Waals surface area contributed by atoms with Crippen molar-refractivity contribution in [2.24, 2.45) is 0 Å². The van der Waals surface area contributed by atoms with Gasteiger partial charge in [-0.2, -0.15) is 0 Å². The van der Waals surface area contributed by atoms with Crippen molar-refractivity contribution in [3.05, 3.63) is 60.8 Å². The predicted molar refractivity (Wildman–Crippen MR) is 388 cm³/mol. The summed E-state index contributed by atoms with van der Waals surface area (Å²) >= 11 is 0. The van der Waals surface area contributed by atoms with Crippen molar-refractivity contribution in [3.63, 3.8) is 0 Å². The third-order valence-corrected chi connectivity index (χ3v) is 18.4. The van der Waals surface area contributed by atoms with Crippen LogP contribution in [0.25, 0.3) is 0 Å². The first-order valence-corrected chi connectivity index (χ1v) is 40.1. The Balaban J connectivity index is 5.00. The Kier molecular flexibility index (Phi) is 66.8. The molecule has 0 rings (SSSR count). The Hall–Kier alpha value is -2.29. The number of allylic oxidation sites excluding steroid dienone is 9. The van der Waals surface area contributed by atoms with Crippen LogP contribution in [0.15, 0.2) is 60.8 Å². The number of nitrogens with zero attached hydrogens (tertiary/aromatic N) is 1. The molecule has 0 bridgehead atoms. The summed E-state index contributed by atoms with van der Waals surface area (Å²) in [6.07, 6.45) is 89.6. The number of carbonyl (C=O) groups excluding carboxylic acids is 2. The van der Waals surface area contributed by atoms with Crippen LogP contribution in [-0.2, 0) is 27.9 Å². The van der Waals surface area contributed by atoms with E-state index in [2.05, 4.69) is 80.8 Å². The lowest BCUT2D eigenvalue weighted by Gasteiger charge is -2.27. The van der Waals surface area contributed by atoms with Crippen molar-refractivity contribution in [3.8, 4) is 0 Å². The standard InChI is InChI=1S/C79H149N2O7P/c1-7-10-13-16-19-22-25-28-30-32-34-36-38-39-40-41-43-44-46-48-50-53-56-59-62-65-68-71-78(82)80-76(75-87-89(84,85)86-74-73-81(4,5)6)77(70-67-64-61-58-55-52-27-24-21-18-15-12-9-3)88-79(83)72-69-66-63-60-57-54-51-49-47-45-42-37-35-33-31-29-26-23-20-17-14-11-8-2/h19,22,28,30,34,36,39-40,67,70,76-77H,7-18,20-21,23-27,29,31-33,35,37-38,41-66,68-69,71-75H2,1-6H3,(H-,80,82,84,85)/p+1/b22-19-,30-28-,36-34-,40-39-,70-67+. The molecule has 522 valence electrons. The quantitative estimate of drug-likeness (QED) is 0.0205. The van der Waals surface area contributed by atoms with Gasteiger partial charge in [-0.1, -0.05) is 352 Å². The molecular formula is C79H150N2O7P+. The van der Waals surface area contributed by atoms with Crippen LogP contribution >= 0.6 is 7.82 Å². The van der Waals surface area contributed by atoms with Gasteiger partial charge < -0.3 is 19.4 Å². The van der Waals surface area contributed by atoms with E-state index in [1.54, 1.807) is 0 Å². The molecule has 1 amide bonds. The zero-order valence-corrected chi connectivity index (χ0v) is 60.8. The zero-order valence-electron chi connectivity index (χ0n) is 59.9. The number of likely N-dealkylation sites (N-methyl/N-ethyl adjacent to an activating group) is 1. The molecule has 9 nitrogen and oxygen atoms in total. The fourth-order valence-electron chi connectivity index (χ4n) is 11.5. The molecule has 0 saturated heterocycles. The maximum Gasteiger partial charge on any atom is 0.472 e. The number of esters is 1. The molecule has 0 aromatic carbocycles. The molecule has 3 unspecified atom stereocenters. The van der Waals surface area contributed by atoms with Gasteiger partial charge in [0.1, 0.15) is 19.3 Å². The molecule has 89 heavy (non-hydrogen) atoms. The summed E-state index contributed by atoms with van der Waals surface area (Å²) in [4.78, 5) is 38.0. The van der Waals surface area contributed by atoms with Gasteiger partial charge in [0.2, 0.25) is 5.91 Å². The van der Waals surface area contributed by atoms with E-state index in [9.17, 15) is 19.0 Å². The van der Waals surface area contributed by atoms with Crippen LogP contribution in [0.1, 0.15) is 380 Å². The van der Waals surface area contributed by atoms with Crippen LogP contribution in [0.5, 0.6) is 0 Å². The average Bonchev–Trinajstić information content (AvgIpc) is 3.65. The number of hydrogen-bond donors (Lipinski definition) is 2. The van der Waals surface area contributed by atoms with E-state index in [1.807, 2.05) is 27.2 Å². The van der Waals surface area contributed by atoms with E-state index in [1.165, 1.54) is 270 Å². The third kappa shape index (κ3) is 69.9. The molecule has 0 aliphatic rings. The number of carbonyl (C=O) groups is 2. The van der Waals surface area contributed by atoms with Gasteiger partial charge >= 0.3 is 13.8 Å². The number of quaternary nitrogens is 1. The normalized spacial score (nSPS) is 13.7. The van der Waals surface area contributed by atoms with E-state index in [0.717, 1.165) is 77.0 Å². The summed E-state index contributed by atoms with van der Waals surface area (Å²) in [5, 5.41) is 3.08. The highest BCUT2D eigenvalue weighted by molar-refractivity contribution is 7.47. The summed E-state index contributed by atoms with van der Waals surface area (Å²) in [6.45, 7) is 7.05. The van der Waals surface area contributed by atoms with Gasteiger partial charge in [-0.3, -0.25) is 18.6 Å². The van der Waals surface area contributed by atoms with Gasteiger partial charge in [0.15, 0.2) is 0 Å². The van der Waals surface area contributed by atoms with E-state index in [-0.39, 0.29) is 25.1 Å². The molecule has 0 saturated carbocycles. The molecule has 0 aromatic rings. The lowest BCUT2D eigenvalue weighted by Crippen LogP contribution is -2.47. The van der Waals surface area contributed by atoms with Crippen LogP contribution in [0.3, 0.4) is 0 Å². The molecule has 0 radical (unpaired) electrons. The van der Waals surface area contributed by atoms with E-state index < -0.39 is 20.0 Å². The number of hydrogen-bond acceptors (Lipinski definition) is 6. The zero-order chi connectivity index (χ0) is 64.9. The highest BCUT2D eigenvalue weighted by Gasteiger charge is 2.30. The van der Waals surface area contributed by atoms with Crippen molar-refractivity contribution in [2.75, 3.05) is 40.9 Å².